The minimum absolute atomic E-state index is 0.00830. The van der Waals surface area contributed by atoms with E-state index in [0.29, 0.717) is 5.82 Å². The van der Waals surface area contributed by atoms with Crippen molar-refractivity contribution in [1.29, 1.82) is 0 Å². The van der Waals surface area contributed by atoms with E-state index >= 15 is 0 Å². The van der Waals surface area contributed by atoms with Gasteiger partial charge in [0.2, 0.25) is 0 Å². The van der Waals surface area contributed by atoms with E-state index < -0.39 is 0 Å². The number of aliphatic hydroxyl groups is 1. The minimum atomic E-state index is -0.216. The zero-order chi connectivity index (χ0) is 18.5. The average molecular weight is 361 g/mol. The van der Waals surface area contributed by atoms with Crippen LogP contribution in [-0.2, 0) is 12.8 Å². The molecule has 3 aromatic rings. The van der Waals surface area contributed by atoms with Crippen molar-refractivity contribution in [1.82, 2.24) is 20.3 Å². The molecule has 0 radical (unpaired) electrons. The first-order valence-corrected chi connectivity index (χ1v) is 9.28. The molecular formula is C21H23N5O. The van der Waals surface area contributed by atoms with E-state index in [1.165, 1.54) is 0 Å². The Balaban J connectivity index is 1.75. The summed E-state index contributed by atoms with van der Waals surface area (Å²) in [5.74, 6) is 1.49. The number of benzene rings is 1. The van der Waals surface area contributed by atoms with Gasteiger partial charge in [-0.15, -0.1) is 0 Å². The number of hydrogen-bond donors (Lipinski definition) is 3. The third kappa shape index (κ3) is 3.97. The molecule has 3 N–H and O–H groups in total. The summed E-state index contributed by atoms with van der Waals surface area (Å²) in [5.41, 5.74) is 4.17. The van der Waals surface area contributed by atoms with Gasteiger partial charge in [-0.3, -0.25) is 4.98 Å². The lowest BCUT2D eigenvalue weighted by Crippen LogP contribution is -2.19. The largest absolute Gasteiger partial charge is 0.394 e. The van der Waals surface area contributed by atoms with Gasteiger partial charge in [-0.05, 0) is 30.7 Å². The molecule has 2 aromatic heterocycles. The number of nitrogens with zero attached hydrogens (tertiary/aromatic N) is 3. The summed E-state index contributed by atoms with van der Waals surface area (Å²) in [6.45, 7) is 1.79. The molecular weight excluding hydrogens is 338 g/mol. The second kappa shape index (κ2) is 8.24. The lowest BCUT2D eigenvalue weighted by atomic mass is 10.1. The van der Waals surface area contributed by atoms with Gasteiger partial charge in [0.05, 0.1) is 18.3 Å². The van der Waals surface area contributed by atoms with Gasteiger partial charge in [0.1, 0.15) is 5.82 Å². The van der Waals surface area contributed by atoms with Gasteiger partial charge in [0.25, 0.3) is 0 Å². The number of pyridine rings is 1. The van der Waals surface area contributed by atoms with Gasteiger partial charge in [-0.25, -0.2) is 9.97 Å². The summed E-state index contributed by atoms with van der Waals surface area (Å²) in [4.78, 5) is 13.7. The van der Waals surface area contributed by atoms with Gasteiger partial charge in [-0.1, -0.05) is 30.3 Å². The molecule has 0 saturated heterocycles. The molecule has 1 aliphatic heterocycles. The quantitative estimate of drug-likeness (QED) is 0.647. The van der Waals surface area contributed by atoms with Crippen molar-refractivity contribution in [2.75, 3.05) is 25.0 Å². The molecule has 0 saturated carbocycles. The fourth-order valence-electron chi connectivity index (χ4n) is 3.38. The smallest absolute Gasteiger partial charge is 0.161 e. The molecule has 3 heterocycles. The molecule has 0 aliphatic carbocycles. The summed E-state index contributed by atoms with van der Waals surface area (Å²) < 4.78 is 0. The second-order valence-electron chi connectivity index (χ2n) is 6.60. The summed E-state index contributed by atoms with van der Waals surface area (Å²) in [5, 5.41) is 16.9. The van der Waals surface area contributed by atoms with Crippen LogP contribution in [0.1, 0.15) is 22.9 Å². The van der Waals surface area contributed by atoms with Gasteiger partial charge in [0, 0.05) is 36.5 Å². The van der Waals surface area contributed by atoms with Crippen LogP contribution in [0.2, 0.25) is 0 Å². The van der Waals surface area contributed by atoms with Crippen molar-refractivity contribution in [2.45, 2.75) is 18.9 Å². The maximum atomic E-state index is 9.96. The average Bonchev–Trinajstić information content (AvgIpc) is 2.98. The number of fused-ring (bicyclic) bond motifs is 1. The number of nitrogens with one attached hydrogen (secondary N) is 2. The molecule has 0 bridgehead atoms. The highest BCUT2D eigenvalue weighted by molar-refractivity contribution is 5.60. The molecule has 0 spiro atoms. The molecule has 4 rings (SSSR count). The van der Waals surface area contributed by atoms with E-state index in [2.05, 4.69) is 15.6 Å². The highest BCUT2D eigenvalue weighted by Crippen LogP contribution is 2.27. The third-order valence-electron chi connectivity index (χ3n) is 4.82. The Bertz CT molecular complexity index is 886. The molecule has 0 amide bonds. The zero-order valence-corrected chi connectivity index (χ0v) is 15.1. The first-order chi connectivity index (χ1) is 13.3. The Morgan fingerprint density at radius 2 is 1.78 bits per heavy atom. The van der Waals surface area contributed by atoms with Crippen LogP contribution in [-0.4, -0.2) is 39.8 Å². The van der Waals surface area contributed by atoms with E-state index in [0.717, 1.165) is 54.1 Å². The SMILES string of the molecule is OC[C@@H](Nc1nc(-c2ccncc2)nc2c1CCNCC2)c1ccccc1. The van der Waals surface area contributed by atoms with Gasteiger partial charge >= 0.3 is 0 Å². The fraction of sp³-hybridized carbons (Fsp3) is 0.286. The molecule has 0 fully saturated rings. The highest BCUT2D eigenvalue weighted by Gasteiger charge is 2.20. The van der Waals surface area contributed by atoms with Crippen molar-refractivity contribution in [2.24, 2.45) is 0 Å². The van der Waals surface area contributed by atoms with Gasteiger partial charge in [-0.2, -0.15) is 0 Å². The van der Waals surface area contributed by atoms with E-state index in [-0.39, 0.29) is 12.6 Å². The van der Waals surface area contributed by atoms with Crippen LogP contribution in [0.25, 0.3) is 11.4 Å². The highest BCUT2D eigenvalue weighted by atomic mass is 16.3. The maximum absolute atomic E-state index is 9.96. The molecule has 1 aliphatic rings. The molecule has 6 heteroatoms. The van der Waals surface area contributed by atoms with Crippen molar-refractivity contribution >= 4 is 5.82 Å². The van der Waals surface area contributed by atoms with E-state index in [1.807, 2.05) is 42.5 Å². The van der Waals surface area contributed by atoms with Crippen LogP contribution < -0.4 is 10.6 Å². The van der Waals surface area contributed by atoms with Crippen LogP contribution in [0.3, 0.4) is 0 Å². The Morgan fingerprint density at radius 3 is 2.56 bits per heavy atom. The summed E-state index contributed by atoms with van der Waals surface area (Å²) in [6, 6.07) is 13.6. The standard InChI is InChI=1S/C21H23N5O/c27-14-19(15-4-2-1-3-5-15)25-21-17-8-12-23-13-9-18(17)24-20(26-21)16-6-10-22-11-7-16/h1-7,10-11,19,23,27H,8-9,12-14H2,(H,24,25,26)/t19-/m1/s1. The monoisotopic (exact) mass is 361 g/mol. The molecule has 27 heavy (non-hydrogen) atoms. The Kier molecular flexibility index (Phi) is 5.37. The maximum Gasteiger partial charge on any atom is 0.161 e. The summed E-state index contributed by atoms with van der Waals surface area (Å²) in [6.07, 6.45) is 5.22. The van der Waals surface area contributed by atoms with Crippen molar-refractivity contribution < 1.29 is 5.11 Å². The second-order valence-corrected chi connectivity index (χ2v) is 6.60. The topological polar surface area (TPSA) is 83.0 Å². The molecule has 1 atom stereocenters. The van der Waals surface area contributed by atoms with Crippen LogP contribution in [0, 0.1) is 0 Å². The van der Waals surface area contributed by atoms with Crippen LogP contribution in [0.15, 0.2) is 54.9 Å². The molecule has 0 unspecified atom stereocenters. The van der Waals surface area contributed by atoms with Crippen LogP contribution in [0.4, 0.5) is 5.82 Å². The van der Waals surface area contributed by atoms with E-state index in [1.54, 1.807) is 12.4 Å². The Morgan fingerprint density at radius 1 is 1.00 bits per heavy atom. The number of rotatable bonds is 5. The van der Waals surface area contributed by atoms with Crippen LogP contribution >= 0.6 is 0 Å². The Labute approximate surface area is 158 Å². The van der Waals surface area contributed by atoms with Crippen molar-refractivity contribution in [3.63, 3.8) is 0 Å². The number of aliphatic hydroxyl groups excluding tert-OH is 1. The third-order valence-corrected chi connectivity index (χ3v) is 4.82. The van der Waals surface area contributed by atoms with Crippen molar-refractivity contribution in [3.05, 3.63) is 71.7 Å². The number of anilines is 1. The zero-order valence-electron chi connectivity index (χ0n) is 15.1. The lowest BCUT2D eigenvalue weighted by Gasteiger charge is -2.21. The molecule has 138 valence electrons. The first kappa shape index (κ1) is 17.6. The molecule has 6 nitrogen and oxygen atoms in total. The van der Waals surface area contributed by atoms with E-state index in [9.17, 15) is 5.11 Å². The Hall–Kier alpha value is -2.83. The first-order valence-electron chi connectivity index (χ1n) is 9.28. The minimum Gasteiger partial charge on any atom is -0.394 e. The predicted octanol–water partition coefficient (Wildman–Crippen LogP) is 2.37. The van der Waals surface area contributed by atoms with E-state index in [4.69, 9.17) is 9.97 Å². The predicted molar refractivity (Wildman–Crippen MR) is 105 cm³/mol. The van der Waals surface area contributed by atoms with Gasteiger partial charge < -0.3 is 15.7 Å². The van der Waals surface area contributed by atoms with Crippen LogP contribution in [0.5, 0.6) is 0 Å². The number of hydrogen-bond acceptors (Lipinski definition) is 6. The lowest BCUT2D eigenvalue weighted by molar-refractivity contribution is 0.276. The van der Waals surface area contributed by atoms with Gasteiger partial charge in [0.15, 0.2) is 5.82 Å². The normalized spacial score (nSPS) is 14.9. The molecule has 1 aromatic carbocycles. The number of aromatic nitrogens is 3. The fourth-order valence-corrected chi connectivity index (χ4v) is 3.38. The summed E-state index contributed by atoms with van der Waals surface area (Å²) in [7, 11) is 0. The summed E-state index contributed by atoms with van der Waals surface area (Å²) >= 11 is 0. The van der Waals surface area contributed by atoms with Crippen molar-refractivity contribution in [3.8, 4) is 11.4 Å².